The molecule has 2 aliphatic rings. The van der Waals surface area contributed by atoms with Gasteiger partial charge in [0.15, 0.2) is 0 Å². The average Bonchev–Trinajstić information content (AvgIpc) is 3.44. The van der Waals surface area contributed by atoms with E-state index in [2.05, 4.69) is 52.1 Å². The van der Waals surface area contributed by atoms with Crippen molar-refractivity contribution in [3.05, 3.63) is 83.4 Å². The van der Waals surface area contributed by atoms with Gasteiger partial charge in [0.1, 0.15) is 0 Å². The summed E-state index contributed by atoms with van der Waals surface area (Å²) in [5, 5.41) is 3.31. The van der Waals surface area contributed by atoms with Crippen LogP contribution in [-0.2, 0) is 15.6 Å². The summed E-state index contributed by atoms with van der Waals surface area (Å²) in [6.07, 6.45) is 5.68. The first-order valence-corrected chi connectivity index (χ1v) is 12.0. The molecule has 2 aliphatic carbocycles. The average molecular weight is 451 g/mol. The third-order valence-electron chi connectivity index (χ3n) is 9.08. The van der Waals surface area contributed by atoms with Crippen LogP contribution in [0.25, 0.3) is 16.7 Å². The molecule has 2 aromatic carbocycles. The summed E-state index contributed by atoms with van der Waals surface area (Å²) in [4.78, 5) is 24.6. The molecular weight excluding hydrogens is 420 g/mol. The molecule has 0 radical (unpaired) electrons. The van der Waals surface area contributed by atoms with Crippen LogP contribution in [-0.4, -0.2) is 20.4 Å². The molecule has 2 unspecified atom stereocenters. The number of fused-ring (bicyclic) bond motifs is 6. The molecule has 2 atom stereocenters. The number of nitrogens with zero attached hydrogens (tertiary/aromatic N) is 3. The van der Waals surface area contributed by atoms with E-state index < -0.39 is 5.41 Å². The fourth-order valence-electron chi connectivity index (χ4n) is 6.39. The summed E-state index contributed by atoms with van der Waals surface area (Å²) in [6, 6.07) is 16.2. The highest BCUT2D eigenvalue weighted by Gasteiger charge is 2.73. The number of carbonyl (C=O) groups excluding carboxylic acids is 1. The van der Waals surface area contributed by atoms with Crippen LogP contribution in [0.3, 0.4) is 0 Å². The van der Waals surface area contributed by atoms with Gasteiger partial charge < -0.3 is 9.88 Å². The number of nitrogens with one attached hydrogen (secondary N) is 1. The van der Waals surface area contributed by atoms with Crippen molar-refractivity contribution in [1.82, 2.24) is 14.5 Å². The van der Waals surface area contributed by atoms with Crippen molar-refractivity contribution in [2.45, 2.75) is 58.3 Å². The van der Waals surface area contributed by atoms with Gasteiger partial charge in [0.25, 0.3) is 0 Å². The first-order chi connectivity index (χ1) is 16.2. The van der Waals surface area contributed by atoms with Gasteiger partial charge in [-0.3, -0.25) is 4.79 Å². The Bertz CT molecular complexity index is 1470. The summed E-state index contributed by atoms with van der Waals surface area (Å²) in [7, 11) is 0. The van der Waals surface area contributed by atoms with Crippen molar-refractivity contribution in [2.24, 2.45) is 5.41 Å². The van der Waals surface area contributed by atoms with Crippen LogP contribution in [0.15, 0.2) is 60.9 Å². The Kier molecular flexibility index (Phi) is 4.21. The molecule has 5 nitrogen and oxygen atoms in total. The second-order valence-corrected chi connectivity index (χ2v) is 10.8. The van der Waals surface area contributed by atoms with E-state index in [0.717, 1.165) is 46.6 Å². The molecule has 1 amide bonds. The van der Waals surface area contributed by atoms with Gasteiger partial charge in [-0.25, -0.2) is 9.97 Å². The van der Waals surface area contributed by atoms with E-state index >= 15 is 0 Å². The van der Waals surface area contributed by atoms with Crippen LogP contribution in [0.4, 0.5) is 5.69 Å². The van der Waals surface area contributed by atoms with Gasteiger partial charge >= 0.3 is 0 Å². The van der Waals surface area contributed by atoms with Gasteiger partial charge in [-0.15, -0.1) is 0 Å². The van der Waals surface area contributed by atoms with Crippen LogP contribution in [0, 0.1) is 19.3 Å². The van der Waals surface area contributed by atoms with Gasteiger partial charge in [-0.2, -0.15) is 0 Å². The van der Waals surface area contributed by atoms with E-state index in [0.29, 0.717) is 0 Å². The highest BCUT2D eigenvalue weighted by molar-refractivity contribution is 6.03. The first-order valence-electron chi connectivity index (χ1n) is 12.0. The number of aromatic nitrogens is 3. The first kappa shape index (κ1) is 21.1. The molecule has 5 heteroatoms. The lowest BCUT2D eigenvalue weighted by atomic mass is 9.63. The summed E-state index contributed by atoms with van der Waals surface area (Å²) >= 11 is 0. The molecule has 4 aromatic rings. The molecule has 0 saturated heterocycles. The molecule has 172 valence electrons. The predicted octanol–water partition coefficient (Wildman–Crippen LogP) is 6.01. The molecule has 6 rings (SSSR count). The summed E-state index contributed by atoms with van der Waals surface area (Å²) in [5.74, 6) is 0.0112. The second kappa shape index (κ2) is 6.78. The smallest absolute Gasteiger partial charge is 0.237 e. The number of benzene rings is 2. The Morgan fingerprint density at radius 3 is 2.18 bits per heavy atom. The number of para-hydroxylation sites is 2. The zero-order chi connectivity index (χ0) is 23.9. The third kappa shape index (κ3) is 2.47. The van der Waals surface area contributed by atoms with Gasteiger partial charge in [0, 0.05) is 17.8 Å². The maximum Gasteiger partial charge on any atom is 0.237 e. The summed E-state index contributed by atoms with van der Waals surface area (Å²) < 4.78 is 2.03. The second-order valence-electron chi connectivity index (χ2n) is 10.8. The number of anilines is 1. The van der Waals surface area contributed by atoms with Gasteiger partial charge in [0.2, 0.25) is 5.91 Å². The third-order valence-corrected chi connectivity index (χ3v) is 9.08. The minimum atomic E-state index is -0.735. The molecule has 1 saturated carbocycles. The standard InChI is InChI=1S/C29H30N4O/c1-18-16-21-22(17-19(18)2)31-25-24(30-21)28(5)12-13-29(25,27(28,3)4)26(34)32-20-10-6-7-11-23(20)33-14-8-9-15-33/h6-11,14-17H,12-13H2,1-5H3,(H,32,34). The van der Waals surface area contributed by atoms with Crippen LogP contribution in [0.1, 0.15) is 56.1 Å². The molecule has 1 fully saturated rings. The van der Waals surface area contributed by atoms with Crippen molar-refractivity contribution in [2.75, 3.05) is 5.32 Å². The van der Waals surface area contributed by atoms with Gasteiger partial charge in [-0.1, -0.05) is 32.9 Å². The quantitative estimate of drug-likeness (QED) is 0.416. The van der Waals surface area contributed by atoms with Crippen LogP contribution in [0.2, 0.25) is 0 Å². The van der Waals surface area contributed by atoms with E-state index in [1.54, 1.807) is 0 Å². The van der Waals surface area contributed by atoms with Crippen molar-refractivity contribution in [1.29, 1.82) is 0 Å². The molecule has 2 heterocycles. The van der Waals surface area contributed by atoms with Gasteiger partial charge in [0.05, 0.1) is 39.2 Å². The zero-order valence-corrected chi connectivity index (χ0v) is 20.4. The maximum absolute atomic E-state index is 14.3. The molecule has 2 aromatic heterocycles. The number of carbonyl (C=O) groups is 1. The summed E-state index contributed by atoms with van der Waals surface area (Å²) in [5.41, 5.74) is 6.52. The van der Waals surface area contributed by atoms with E-state index in [1.807, 2.05) is 53.4 Å². The Balaban J connectivity index is 1.52. The minimum Gasteiger partial charge on any atom is -0.323 e. The van der Waals surface area contributed by atoms with Crippen LogP contribution < -0.4 is 5.32 Å². The topological polar surface area (TPSA) is 59.8 Å². The minimum absolute atomic E-state index is 0.0112. The molecular formula is C29H30N4O. The van der Waals surface area contributed by atoms with Crippen LogP contribution >= 0.6 is 0 Å². The van der Waals surface area contributed by atoms with Crippen molar-refractivity contribution >= 4 is 22.6 Å². The van der Waals surface area contributed by atoms with E-state index in [9.17, 15) is 4.79 Å². The SMILES string of the molecule is Cc1cc2nc3c(nc2cc1C)C1(C(=O)Nc2ccccc2-n2cccc2)CCC3(C)C1(C)C. The van der Waals surface area contributed by atoms with Crippen molar-refractivity contribution in [3.8, 4) is 5.69 Å². The Hall–Kier alpha value is -3.47. The van der Waals surface area contributed by atoms with Gasteiger partial charge in [-0.05, 0) is 79.6 Å². The highest BCUT2D eigenvalue weighted by atomic mass is 16.2. The Morgan fingerprint density at radius 2 is 1.50 bits per heavy atom. The van der Waals surface area contributed by atoms with E-state index in [4.69, 9.17) is 9.97 Å². The lowest BCUT2D eigenvalue weighted by Gasteiger charge is -2.39. The lowest BCUT2D eigenvalue weighted by Crippen LogP contribution is -2.48. The number of hydrogen-bond acceptors (Lipinski definition) is 3. The summed E-state index contributed by atoms with van der Waals surface area (Å²) in [6.45, 7) is 10.9. The Labute approximate surface area is 200 Å². The fraction of sp³-hybridized carbons (Fsp3) is 0.345. The molecule has 1 N–H and O–H groups in total. The largest absolute Gasteiger partial charge is 0.323 e. The number of aryl methyl sites for hydroxylation is 2. The number of hydrogen-bond donors (Lipinski definition) is 1. The highest BCUT2D eigenvalue weighted by Crippen LogP contribution is 2.70. The van der Waals surface area contributed by atoms with Crippen molar-refractivity contribution < 1.29 is 4.79 Å². The fourth-order valence-corrected chi connectivity index (χ4v) is 6.39. The monoisotopic (exact) mass is 450 g/mol. The number of amides is 1. The van der Waals surface area contributed by atoms with E-state index in [1.165, 1.54) is 11.1 Å². The molecule has 0 aliphatic heterocycles. The Morgan fingerprint density at radius 1 is 0.882 bits per heavy atom. The number of rotatable bonds is 3. The zero-order valence-electron chi connectivity index (χ0n) is 20.4. The van der Waals surface area contributed by atoms with Crippen molar-refractivity contribution in [3.63, 3.8) is 0 Å². The molecule has 2 bridgehead atoms. The predicted molar refractivity (Wildman–Crippen MR) is 135 cm³/mol. The lowest BCUT2D eigenvalue weighted by molar-refractivity contribution is -0.125. The van der Waals surface area contributed by atoms with E-state index in [-0.39, 0.29) is 16.7 Å². The normalized spacial score (nSPS) is 24.4. The molecule has 34 heavy (non-hydrogen) atoms. The maximum atomic E-state index is 14.3. The van der Waals surface area contributed by atoms with Crippen LogP contribution in [0.5, 0.6) is 0 Å². The molecule has 0 spiro atoms.